The number of carbonyl (C=O) groups is 1. The largest absolute Gasteiger partial charge is 0.477 e. The number of aromatic carboxylic acids is 1. The number of hydrogen-bond acceptors (Lipinski definition) is 5. The maximum Gasteiger partial charge on any atom is 0.347 e. The van der Waals surface area contributed by atoms with E-state index in [1.165, 1.54) is 17.1 Å². The molecule has 100 valence electrons. The van der Waals surface area contributed by atoms with Crippen LogP contribution in [-0.4, -0.2) is 40.7 Å². The normalized spacial score (nSPS) is 19.1. The first-order valence-corrected chi connectivity index (χ1v) is 8.14. The molecule has 1 atom stereocenters. The quantitative estimate of drug-likeness (QED) is 0.902. The van der Waals surface area contributed by atoms with Gasteiger partial charge in [-0.3, -0.25) is 0 Å². The molecule has 1 aliphatic heterocycles. The van der Waals surface area contributed by atoms with Crippen LogP contribution in [0.5, 0.6) is 0 Å². The Labute approximate surface area is 115 Å². The Balaban J connectivity index is 2.22. The number of aromatic nitrogens is 1. The molecule has 0 radical (unpaired) electrons. The van der Waals surface area contributed by atoms with Crippen molar-refractivity contribution < 1.29 is 9.90 Å². The Morgan fingerprint density at radius 3 is 2.94 bits per heavy atom. The van der Waals surface area contributed by atoms with Crippen molar-refractivity contribution in [1.82, 2.24) is 4.98 Å². The highest BCUT2D eigenvalue weighted by Crippen LogP contribution is 2.31. The van der Waals surface area contributed by atoms with Crippen LogP contribution in [0.15, 0.2) is 0 Å². The maximum atomic E-state index is 11.2. The fraction of sp³-hybridized carbons (Fsp3) is 0.667. The van der Waals surface area contributed by atoms with Crippen LogP contribution in [0, 0.1) is 0 Å². The fourth-order valence-electron chi connectivity index (χ4n) is 2.05. The Hall–Kier alpha value is -0.750. The van der Waals surface area contributed by atoms with Gasteiger partial charge < -0.3 is 10.0 Å². The minimum atomic E-state index is -0.851. The van der Waals surface area contributed by atoms with Crippen molar-refractivity contribution in [2.24, 2.45) is 0 Å². The molecule has 1 fully saturated rings. The second-order valence-corrected chi connectivity index (χ2v) is 6.58. The molecule has 0 spiro atoms. The molecule has 1 aromatic rings. The second kappa shape index (κ2) is 5.93. The SMILES string of the molecule is CCCc1nc(N(C)C2CCSC2)sc1C(=O)O. The Morgan fingerprint density at radius 1 is 1.61 bits per heavy atom. The number of aryl methyl sites for hydroxylation is 1. The van der Waals surface area contributed by atoms with Gasteiger partial charge in [0.1, 0.15) is 4.88 Å². The van der Waals surface area contributed by atoms with E-state index in [1.54, 1.807) is 0 Å². The number of hydrogen-bond donors (Lipinski definition) is 1. The van der Waals surface area contributed by atoms with Crippen LogP contribution in [0.3, 0.4) is 0 Å². The zero-order chi connectivity index (χ0) is 13.1. The number of nitrogens with zero attached hydrogens (tertiary/aromatic N) is 2. The van der Waals surface area contributed by atoms with Gasteiger partial charge in [0, 0.05) is 18.8 Å². The smallest absolute Gasteiger partial charge is 0.347 e. The van der Waals surface area contributed by atoms with E-state index in [2.05, 4.69) is 9.88 Å². The first-order valence-electron chi connectivity index (χ1n) is 6.17. The van der Waals surface area contributed by atoms with E-state index in [4.69, 9.17) is 0 Å². The number of carboxylic acids is 1. The van der Waals surface area contributed by atoms with Crippen LogP contribution in [0.4, 0.5) is 5.13 Å². The summed E-state index contributed by atoms with van der Waals surface area (Å²) in [5.74, 6) is 1.45. The highest BCUT2D eigenvalue weighted by molar-refractivity contribution is 7.99. The summed E-state index contributed by atoms with van der Waals surface area (Å²) in [6.07, 6.45) is 2.82. The lowest BCUT2D eigenvalue weighted by Gasteiger charge is -2.22. The standard InChI is InChI=1S/C12H18N2O2S2/c1-3-4-9-10(11(15)16)18-12(13-9)14(2)8-5-6-17-7-8/h8H,3-7H2,1-2H3,(H,15,16). The molecule has 2 rings (SSSR count). The van der Waals surface area contributed by atoms with Crippen molar-refractivity contribution in [2.45, 2.75) is 32.2 Å². The Morgan fingerprint density at radius 2 is 2.39 bits per heavy atom. The molecule has 1 aromatic heterocycles. The zero-order valence-corrected chi connectivity index (χ0v) is 12.3. The summed E-state index contributed by atoms with van der Waals surface area (Å²) in [4.78, 5) is 18.3. The van der Waals surface area contributed by atoms with E-state index in [0.29, 0.717) is 10.9 Å². The summed E-state index contributed by atoms with van der Waals surface area (Å²) in [6, 6.07) is 0.497. The molecule has 6 heteroatoms. The van der Waals surface area contributed by atoms with Crippen molar-refractivity contribution in [1.29, 1.82) is 0 Å². The highest BCUT2D eigenvalue weighted by Gasteiger charge is 2.25. The predicted octanol–water partition coefficient (Wildman–Crippen LogP) is 2.74. The van der Waals surface area contributed by atoms with Crippen LogP contribution in [0.25, 0.3) is 0 Å². The maximum absolute atomic E-state index is 11.2. The molecular weight excluding hydrogens is 268 g/mol. The minimum Gasteiger partial charge on any atom is -0.477 e. The number of carboxylic acid groups (broad SMARTS) is 1. The number of rotatable bonds is 5. The first-order chi connectivity index (χ1) is 8.63. The number of thiazole rings is 1. The van der Waals surface area contributed by atoms with Crippen LogP contribution >= 0.6 is 23.1 Å². The molecule has 1 aliphatic rings. The molecule has 1 unspecified atom stereocenters. The van der Waals surface area contributed by atoms with Gasteiger partial charge in [-0.1, -0.05) is 24.7 Å². The predicted molar refractivity (Wildman–Crippen MR) is 77.2 cm³/mol. The average Bonchev–Trinajstić information content (AvgIpc) is 2.97. The summed E-state index contributed by atoms with van der Waals surface area (Å²) in [5, 5.41) is 10.1. The van der Waals surface area contributed by atoms with E-state index in [0.717, 1.165) is 35.8 Å². The van der Waals surface area contributed by atoms with Gasteiger partial charge in [-0.05, 0) is 18.6 Å². The Kier molecular flexibility index (Phi) is 4.50. The summed E-state index contributed by atoms with van der Waals surface area (Å²) >= 11 is 3.26. The Bertz CT molecular complexity index is 428. The average molecular weight is 286 g/mol. The molecule has 1 saturated heterocycles. The van der Waals surface area contributed by atoms with Crippen molar-refractivity contribution in [3.05, 3.63) is 10.6 Å². The third-order valence-electron chi connectivity index (χ3n) is 3.12. The van der Waals surface area contributed by atoms with Crippen molar-refractivity contribution in [3.8, 4) is 0 Å². The zero-order valence-electron chi connectivity index (χ0n) is 10.7. The summed E-state index contributed by atoms with van der Waals surface area (Å²) in [6.45, 7) is 2.04. The number of anilines is 1. The molecule has 0 amide bonds. The van der Waals surface area contributed by atoms with Crippen LogP contribution < -0.4 is 4.90 Å². The van der Waals surface area contributed by atoms with E-state index < -0.39 is 5.97 Å². The van der Waals surface area contributed by atoms with Gasteiger partial charge >= 0.3 is 5.97 Å². The van der Waals surface area contributed by atoms with Gasteiger partial charge in [0.15, 0.2) is 5.13 Å². The third-order valence-corrected chi connectivity index (χ3v) is 5.44. The van der Waals surface area contributed by atoms with Crippen molar-refractivity contribution >= 4 is 34.2 Å². The fourth-order valence-corrected chi connectivity index (χ4v) is 4.30. The molecule has 0 aromatic carbocycles. The summed E-state index contributed by atoms with van der Waals surface area (Å²) < 4.78 is 0. The molecule has 0 bridgehead atoms. The molecule has 0 aliphatic carbocycles. The molecule has 1 N–H and O–H groups in total. The van der Waals surface area contributed by atoms with E-state index >= 15 is 0 Å². The van der Waals surface area contributed by atoms with Gasteiger partial charge in [0.25, 0.3) is 0 Å². The van der Waals surface area contributed by atoms with E-state index in [-0.39, 0.29) is 0 Å². The molecule has 4 nitrogen and oxygen atoms in total. The topological polar surface area (TPSA) is 53.4 Å². The van der Waals surface area contributed by atoms with Gasteiger partial charge in [-0.25, -0.2) is 9.78 Å². The first kappa shape index (κ1) is 13.7. The van der Waals surface area contributed by atoms with Crippen molar-refractivity contribution in [2.75, 3.05) is 23.5 Å². The molecule has 2 heterocycles. The summed E-state index contributed by atoms with van der Waals surface area (Å²) in [7, 11) is 2.02. The van der Waals surface area contributed by atoms with Crippen LogP contribution in [-0.2, 0) is 6.42 Å². The lowest BCUT2D eigenvalue weighted by molar-refractivity contribution is 0.0700. The van der Waals surface area contributed by atoms with Crippen molar-refractivity contribution in [3.63, 3.8) is 0 Å². The summed E-state index contributed by atoms with van der Waals surface area (Å²) in [5.41, 5.74) is 0.738. The van der Waals surface area contributed by atoms with Crippen LogP contribution in [0.1, 0.15) is 35.1 Å². The molecule has 18 heavy (non-hydrogen) atoms. The molecular formula is C12H18N2O2S2. The second-order valence-electron chi connectivity index (χ2n) is 4.46. The lowest BCUT2D eigenvalue weighted by Crippen LogP contribution is -2.31. The lowest BCUT2D eigenvalue weighted by atomic mass is 10.2. The number of thioether (sulfide) groups is 1. The minimum absolute atomic E-state index is 0.407. The monoisotopic (exact) mass is 286 g/mol. The highest BCUT2D eigenvalue weighted by atomic mass is 32.2. The van der Waals surface area contributed by atoms with Gasteiger partial charge in [0.05, 0.1) is 5.69 Å². The molecule has 0 saturated carbocycles. The van der Waals surface area contributed by atoms with E-state index in [1.807, 2.05) is 25.7 Å². The van der Waals surface area contributed by atoms with E-state index in [9.17, 15) is 9.90 Å². The third kappa shape index (κ3) is 2.80. The van der Waals surface area contributed by atoms with Gasteiger partial charge in [-0.15, -0.1) is 0 Å². The van der Waals surface area contributed by atoms with Crippen LogP contribution in [0.2, 0.25) is 0 Å². The van der Waals surface area contributed by atoms with Gasteiger partial charge in [-0.2, -0.15) is 11.8 Å². The van der Waals surface area contributed by atoms with Gasteiger partial charge in [0.2, 0.25) is 0 Å².